The Kier molecular flexibility index (Phi) is 3.08. The largest absolute Gasteiger partial charge is 0.388 e. The maximum Gasteiger partial charge on any atom is 0.244 e. The van der Waals surface area contributed by atoms with E-state index in [1.54, 1.807) is 6.92 Å². The molecule has 0 unspecified atom stereocenters. The summed E-state index contributed by atoms with van der Waals surface area (Å²) in [6.45, 7) is 3.68. The fraction of sp³-hybridized carbons (Fsp3) is 0.750. The standard InChI is InChI=1S/C8H15N3O/c1-7(9)10-6-8(12)11-4-2-3-5-11/h2-6H2,1H3,(H2,9,10). The first-order valence-electron chi connectivity index (χ1n) is 4.24. The first-order chi connectivity index (χ1) is 5.70. The molecule has 1 aliphatic rings. The molecular formula is C8H15N3O. The van der Waals surface area contributed by atoms with E-state index in [0.717, 1.165) is 25.9 Å². The van der Waals surface area contributed by atoms with Crippen molar-refractivity contribution in [2.45, 2.75) is 19.8 Å². The molecule has 0 saturated carbocycles. The molecule has 0 atom stereocenters. The van der Waals surface area contributed by atoms with E-state index in [4.69, 9.17) is 5.73 Å². The average Bonchev–Trinajstić information content (AvgIpc) is 2.51. The third-order valence-corrected chi connectivity index (χ3v) is 1.92. The summed E-state index contributed by atoms with van der Waals surface area (Å²) in [7, 11) is 0. The highest BCUT2D eigenvalue weighted by atomic mass is 16.2. The van der Waals surface area contributed by atoms with E-state index in [0.29, 0.717) is 5.84 Å². The number of amidine groups is 1. The van der Waals surface area contributed by atoms with Gasteiger partial charge in [-0.25, -0.2) is 0 Å². The quantitative estimate of drug-likeness (QED) is 0.466. The van der Waals surface area contributed by atoms with E-state index in [9.17, 15) is 4.79 Å². The molecule has 1 fully saturated rings. The van der Waals surface area contributed by atoms with Crippen LogP contribution in [0, 0.1) is 0 Å². The summed E-state index contributed by atoms with van der Waals surface area (Å²) in [5.41, 5.74) is 5.32. The van der Waals surface area contributed by atoms with Crippen molar-refractivity contribution in [2.24, 2.45) is 10.7 Å². The lowest BCUT2D eigenvalue weighted by Crippen LogP contribution is -2.30. The van der Waals surface area contributed by atoms with Crippen LogP contribution in [-0.2, 0) is 4.79 Å². The minimum absolute atomic E-state index is 0.0947. The second-order valence-electron chi connectivity index (χ2n) is 3.05. The number of carbonyl (C=O) groups excluding carboxylic acids is 1. The van der Waals surface area contributed by atoms with Gasteiger partial charge in [0.25, 0.3) is 0 Å². The molecule has 0 aliphatic carbocycles. The molecule has 1 aliphatic heterocycles. The molecule has 4 nitrogen and oxygen atoms in total. The van der Waals surface area contributed by atoms with Crippen LogP contribution >= 0.6 is 0 Å². The SMILES string of the molecule is CC(N)=NCC(=O)N1CCCC1. The van der Waals surface area contributed by atoms with Crippen LogP contribution in [0.2, 0.25) is 0 Å². The number of hydrogen-bond donors (Lipinski definition) is 1. The predicted octanol–water partition coefficient (Wildman–Crippen LogP) is -0.0141. The lowest BCUT2D eigenvalue weighted by atomic mass is 10.4. The van der Waals surface area contributed by atoms with Gasteiger partial charge in [-0.05, 0) is 19.8 Å². The van der Waals surface area contributed by atoms with Crippen molar-refractivity contribution in [3.05, 3.63) is 0 Å². The van der Waals surface area contributed by atoms with Crippen molar-refractivity contribution in [3.63, 3.8) is 0 Å². The molecule has 12 heavy (non-hydrogen) atoms. The number of aliphatic imine (C=N–C) groups is 1. The summed E-state index contributed by atoms with van der Waals surface area (Å²) >= 11 is 0. The average molecular weight is 169 g/mol. The Morgan fingerprint density at radius 1 is 1.50 bits per heavy atom. The zero-order valence-electron chi connectivity index (χ0n) is 7.42. The molecule has 0 bridgehead atoms. The fourth-order valence-electron chi connectivity index (χ4n) is 1.26. The molecule has 1 rings (SSSR count). The van der Waals surface area contributed by atoms with E-state index in [1.165, 1.54) is 0 Å². The van der Waals surface area contributed by atoms with Crippen LogP contribution in [0.1, 0.15) is 19.8 Å². The van der Waals surface area contributed by atoms with E-state index in [-0.39, 0.29) is 12.5 Å². The molecule has 1 saturated heterocycles. The van der Waals surface area contributed by atoms with Crippen molar-refractivity contribution in [1.82, 2.24) is 4.90 Å². The summed E-state index contributed by atoms with van der Waals surface area (Å²) in [6.07, 6.45) is 2.24. The first kappa shape index (κ1) is 9.03. The Bertz CT molecular complexity index is 190. The van der Waals surface area contributed by atoms with Crippen molar-refractivity contribution < 1.29 is 4.79 Å². The molecule has 0 spiro atoms. The molecule has 2 N–H and O–H groups in total. The molecule has 68 valence electrons. The van der Waals surface area contributed by atoms with Gasteiger partial charge < -0.3 is 10.6 Å². The highest BCUT2D eigenvalue weighted by Gasteiger charge is 2.16. The Morgan fingerprint density at radius 2 is 2.08 bits per heavy atom. The van der Waals surface area contributed by atoms with Crippen LogP contribution in [0.4, 0.5) is 0 Å². The third-order valence-electron chi connectivity index (χ3n) is 1.92. The third kappa shape index (κ3) is 2.53. The number of amides is 1. The Labute approximate surface area is 72.4 Å². The van der Waals surface area contributed by atoms with Gasteiger partial charge in [-0.15, -0.1) is 0 Å². The number of likely N-dealkylation sites (tertiary alicyclic amines) is 1. The van der Waals surface area contributed by atoms with E-state index >= 15 is 0 Å². The van der Waals surface area contributed by atoms with Crippen molar-refractivity contribution in [1.29, 1.82) is 0 Å². The molecule has 0 radical (unpaired) electrons. The van der Waals surface area contributed by atoms with Crippen molar-refractivity contribution in [2.75, 3.05) is 19.6 Å². The molecule has 1 heterocycles. The highest BCUT2D eigenvalue weighted by Crippen LogP contribution is 2.06. The first-order valence-corrected chi connectivity index (χ1v) is 4.24. The van der Waals surface area contributed by atoms with Gasteiger partial charge in [0.1, 0.15) is 6.54 Å². The lowest BCUT2D eigenvalue weighted by Gasteiger charge is -2.12. The topological polar surface area (TPSA) is 58.7 Å². The second-order valence-corrected chi connectivity index (χ2v) is 3.05. The summed E-state index contributed by atoms with van der Waals surface area (Å²) < 4.78 is 0. The van der Waals surface area contributed by atoms with Crippen LogP contribution in [0.3, 0.4) is 0 Å². The van der Waals surface area contributed by atoms with Gasteiger partial charge in [-0.3, -0.25) is 9.79 Å². The predicted molar refractivity (Wildman–Crippen MR) is 48.0 cm³/mol. The van der Waals surface area contributed by atoms with Gasteiger partial charge in [0.15, 0.2) is 0 Å². The highest BCUT2D eigenvalue weighted by molar-refractivity contribution is 5.83. The Morgan fingerprint density at radius 3 is 2.58 bits per heavy atom. The number of nitrogens with zero attached hydrogens (tertiary/aromatic N) is 2. The number of hydrogen-bond acceptors (Lipinski definition) is 2. The fourth-order valence-corrected chi connectivity index (χ4v) is 1.26. The zero-order valence-corrected chi connectivity index (χ0v) is 7.42. The van der Waals surface area contributed by atoms with Gasteiger partial charge in [-0.1, -0.05) is 0 Å². The Balaban J connectivity index is 2.32. The molecule has 0 aromatic heterocycles. The maximum atomic E-state index is 11.3. The van der Waals surface area contributed by atoms with Gasteiger partial charge in [0, 0.05) is 13.1 Å². The summed E-state index contributed by atoms with van der Waals surface area (Å²) in [6, 6.07) is 0. The number of nitrogens with two attached hydrogens (primary N) is 1. The number of rotatable bonds is 2. The van der Waals surface area contributed by atoms with E-state index in [2.05, 4.69) is 4.99 Å². The van der Waals surface area contributed by atoms with Gasteiger partial charge >= 0.3 is 0 Å². The normalized spacial score (nSPS) is 18.4. The smallest absolute Gasteiger partial charge is 0.244 e. The lowest BCUT2D eigenvalue weighted by molar-refractivity contribution is -0.128. The van der Waals surface area contributed by atoms with Crippen LogP contribution in [0.25, 0.3) is 0 Å². The minimum atomic E-state index is 0.0947. The van der Waals surface area contributed by atoms with Crippen LogP contribution < -0.4 is 5.73 Å². The van der Waals surface area contributed by atoms with Crippen LogP contribution in [0.15, 0.2) is 4.99 Å². The van der Waals surface area contributed by atoms with E-state index < -0.39 is 0 Å². The van der Waals surface area contributed by atoms with Crippen LogP contribution in [-0.4, -0.2) is 36.3 Å². The van der Waals surface area contributed by atoms with Gasteiger partial charge in [0.05, 0.1) is 5.84 Å². The zero-order chi connectivity index (χ0) is 8.97. The summed E-state index contributed by atoms with van der Waals surface area (Å²) in [5, 5.41) is 0. The summed E-state index contributed by atoms with van der Waals surface area (Å²) in [5.74, 6) is 0.569. The van der Waals surface area contributed by atoms with Gasteiger partial charge in [0.2, 0.25) is 5.91 Å². The maximum absolute atomic E-state index is 11.3. The molecule has 4 heteroatoms. The molecule has 0 aromatic rings. The minimum Gasteiger partial charge on any atom is -0.388 e. The molecular weight excluding hydrogens is 154 g/mol. The van der Waals surface area contributed by atoms with Crippen molar-refractivity contribution >= 4 is 11.7 Å². The monoisotopic (exact) mass is 169 g/mol. The second kappa shape index (κ2) is 4.09. The number of carbonyl (C=O) groups is 1. The molecule has 0 aromatic carbocycles. The van der Waals surface area contributed by atoms with E-state index in [1.807, 2.05) is 4.90 Å². The molecule has 1 amide bonds. The summed E-state index contributed by atoms with van der Waals surface area (Å²) in [4.78, 5) is 17.0. The van der Waals surface area contributed by atoms with Crippen molar-refractivity contribution in [3.8, 4) is 0 Å². The van der Waals surface area contributed by atoms with Gasteiger partial charge in [-0.2, -0.15) is 0 Å². The Hall–Kier alpha value is -1.06. The van der Waals surface area contributed by atoms with Crippen LogP contribution in [0.5, 0.6) is 0 Å².